The molecule has 1 aliphatic heterocycles. The van der Waals surface area contributed by atoms with Gasteiger partial charge in [-0.2, -0.15) is 0 Å². The first-order valence-electron chi connectivity index (χ1n) is 12.6. The van der Waals surface area contributed by atoms with Crippen LogP contribution in [0.25, 0.3) is 11.1 Å². The number of carbonyl (C=O) groups is 3. The van der Waals surface area contributed by atoms with E-state index in [0.717, 1.165) is 24.0 Å². The van der Waals surface area contributed by atoms with Crippen LogP contribution in [0.4, 0.5) is 4.79 Å². The molecule has 2 aromatic rings. The van der Waals surface area contributed by atoms with Crippen molar-refractivity contribution in [3.63, 3.8) is 0 Å². The Morgan fingerprint density at radius 3 is 2.37 bits per heavy atom. The van der Waals surface area contributed by atoms with Crippen LogP contribution in [-0.4, -0.2) is 54.2 Å². The summed E-state index contributed by atoms with van der Waals surface area (Å²) in [5.74, 6) is -1.27. The monoisotopic (exact) mass is 476 g/mol. The van der Waals surface area contributed by atoms with Crippen molar-refractivity contribution >= 4 is 18.0 Å². The Kier molecular flexibility index (Phi) is 6.26. The number of amides is 2. The number of benzene rings is 2. The van der Waals surface area contributed by atoms with Gasteiger partial charge >= 0.3 is 12.1 Å². The van der Waals surface area contributed by atoms with Crippen molar-refractivity contribution in [2.45, 2.75) is 38.5 Å². The highest BCUT2D eigenvalue weighted by Gasteiger charge is 2.56. The zero-order chi connectivity index (χ0) is 24.6. The molecule has 1 saturated carbocycles. The van der Waals surface area contributed by atoms with Crippen molar-refractivity contribution in [2.24, 2.45) is 17.3 Å². The lowest BCUT2D eigenvalue weighted by Gasteiger charge is -2.26. The van der Waals surface area contributed by atoms with Gasteiger partial charge in [0.25, 0.3) is 0 Å². The fourth-order valence-electron chi connectivity index (χ4n) is 6.33. The number of carboxylic acids is 1. The number of nitrogens with one attached hydrogen (secondary N) is 1. The number of rotatable bonds is 7. The summed E-state index contributed by atoms with van der Waals surface area (Å²) in [6.07, 6.45) is 2.40. The van der Waals surface area contributed by atoms with E-state index >= 15 is 0 Å². The molecule has 1 unspecified atom stereocenters. The minimum Gasteiger partial charge on any atom is -0.481 e. The molecule has 0 bridgehead atoms. The molecule has 0 aromatic heterocycles. The van der Waals surface area contributed by atoms with E-state index in [1.165, 1.54) is 11.1 Å². The summed E-state index contributed by atoms with van der Waals surface area (Å²) in [6, 6.07) is 16.3. The summed E-state index contributed by atoms with van der Waals surface area (Å²) in [5.41, 5.74) is 3.84. The molecule has 3 atom stereocenters. The lowest BCUT2D eigenvalue weighted by Crippen LogP contribution is -2.42. The largest absolute Gasteiger partial charge is 0.481 e. The topological polar surface area (TPSA) is 95.9 Å². The van der Waals surface area contributed by atoms with Crippen LogP contribution in [0.1, 0.15) is 49.7 Å². The first-order valence-corrected chi connectivity index (χ1v) is 12.6. The third-order valence-corrected chi connectivity index (χ3v) is 8.29. The molecular formula is C28H32N2O5. The predicted octanol–water partition coefficient (Wildman–Crippen LogP) is 4.26. The fraction of sp³-hybridized carbons (Fsp3) is 0.464. The molecule has 0 radical (unpaired) electrons. The highest BCUT2D eigenvalue weighted by Crippen LogP contribution is 2.49. The van der Waals surface area contributed by atoms with Gasteiger partial charge in [0.2, 0.25) is 5.91 Å². The van der Waals surface area contributed by atoms with Gasteiger partial charge in [0.05, 0.1) is 11.3 Å². The van der Waals surface area contributed by atoms with Crippen molar-refractivity contribution in [1.29, 1.82) is 0 Å². The number of hydrogen-bond donors (Lipinski definition) is 2. The number of likely N-dealkylation sites (tertiary alicyclic amines) is 1. The normalized spacial score (nSPS) is 23.3. The Hall–Kier alpha value is -3.35. The summed E-state index contributed by atoms with van der Waals surface area (Å²) in [6.45, 7) is 3.07. The zero-order valence-corrected chi connectivity index (χ0v) is 20.0. The Morgan fingerprint density at radius 2 is 1.77 bits per heavy atom. The number of nitrogens with zero attached hydrogens (tertiary/aromatic N) is 1. The molecule has 2 N–H and O–H groups in total. The maximum Gasteiger partial charge on any atom is 0.407 e. The van der Waals surface area contributed by atoms with E-state index in [0.29, 0.717) is 19.4 Å². The summed E-state index contributed by atoms with van der Waals surface area (Å²) >= 11 is 0. The first kappa shape index (κ1) is 23.4. The van der Waals surface area contributed by atoms with Crippen molar-refractivity contribution in [1.82, 2.24) is 10.2 Å². The quantitative estimate of drug-likeness (QED) is 0.622. The van der Waals surface area contributed by atoms with Crippen LogP contribution in [0.5, 0.6) is 0 Å². The van der Waals surface area contributed by atoms with Crippen LogP contribution >= 0.6 is 0 Å². The van der Waals surface area contributed by atoms with Gasteiger partial charge in [0, 0.05) is 25.6 Å². The van der Waals surface area contributed by atoms with Crippen LogP contribution in [-0.2, 0) is 14.3 Å². The Labute approximate surface area is 205 Å². The average molecular weight is 477 g/mol. The smallest absolute Gasteiger partial charge is 0.407 e. The lowest BCUT2D eigenvalue weighted by molar-refractivity contribution is -0.149. The van der Waals surface area contributed by atoms with Gasteiger partial charge in [-0.25, -0.2) is 4.79 Å². The van der Waals surface area contributed by atoms with Crippen LogP contribution < -0.4 is 5.32 Å². The third kappa shape index (κ3) is 4.07. The van der Waals surface area contributed by atoms with Crippen molar-refractivity contribution < 1.29 is 24.2 Å². The number of fused-ring (bicyclic) bond motifs is 4. The molecule has 1 heterocycles. The van der Waals surface area contributed by atoms with Gasteiger partial charge < -0.3 is 20.1 Å². The SMILES string of the molecule is CCC(CNC(=O)OCC1c2ccccc2-c2ccccc21)C(=O)N1C[C@@H]2CCC[C@]2(C(=O)O)C1. The van der Waals surface area contributed by atoms with E-state index in [2.05, 4.69) is 29.6 Å². The van der Waals surface area contributed by atoms with Crippen molar-refractivity contribution in [3.05, 3.63) is 59.7 Å². The average Bonchev–Trinajstić information content (AvgIpc) is 3.53. The second-order valence-electron chi connectivity index (χ2n) is 10.1. The Morgan fingerprint density at radius 1 is 1.11 bits per heavy atom. The Bertz CT molecular complexity index is 1100. The second kappa shape index (κ2) is 9.36. The van der Waals surface area contributed by atoms with E-state index in [1.807, 2.05) is 31.2 Å². The van der Waals surface area contributed by atoms with Crippen LogP contribution in [0, 0.1) is 17.3 Å². The van der Waals surface area contributed by atoms with E-state index in [-0.39, 0.29) is 37.4 Å². The second-order valence-corrected chi connectivity index (χ2v) is 10.1. The molecule has 7 nitrogen and oxygen atoms in total. The Balaban J connectivity index is 1.17. The van der Waals surface area contributed by atoms with Crippen molar-refractivity contribution in [3.8, 4) is 11.1 Å². The predicted molar refractivity (Wildman–Crippen MR) is 131 cm³/mol. The van der Waals surface area contributed by atoms with Crippen LogP contribution in [0.2, 0.25) is 0 Å². The van der Waals surface area contributed by atoms with Gasteiger partial charge in [-0.05, 0) is 47.4 Å². The standard InChI is InChI=1S/C28H32N2O5/c1-2-18(25(31)30-15-19-8-7-13-28(19,17-30)26(32)33)14-29-27(34)35-16-24-22-11-5-3-9-20(22)21-10-4-6-12-23(21)24/h3-6,9-12,18-19,24H,2,7-8,13-17H2,1H3,(H,29,34)(H,32,33)/t18?,19-,28-/m0/s1. The van der Waals surface area contributed by atoms with Crippen LogP contribution in [0.15, 0.2) is 48.5 Å². The third-order valence-electron chi connectivity index (χ3n) is 8.29. The van der Waals surface area contributed by atoms with E-state index in [1.54, 1.807) is 4.90 Å². The summed E-state index contributed by atoms with van der Waals surface area (Å²) < 4.78 is 5.60. The first-order chi connectivity index (χ1) is 16.9. The van der Waals surface area contributed by atoms with E-state index in [4.69, 9.17) is 4.74 Å². The molecule has 2 aromatic carbocycles. The molecule has 7 heteroatoms. The van der Waals surface area contributed by atoms with Gasteiger partial charge in [-0.3, -0.25) is 9.59 Å². The summed E-state index contributed by atoms with van der Waals surface area (Å²) in [4.78, 5) is 39.4. The highest BCUT2D eigenvalue weighted by atomic mass is 16.5. The zero-order valence-electron chi connectivity index (χ0n) is 20.0. The number of carboxylic acid groups (broad SMARTS) is 1. The molecule has 184 valence electrons. The minimum atomic E-state index is -0.797. The molecule has 35 heavy (non-hydrogen) atoms. The van der Waals surface area contributed by atoms with Crippen LogP contribution in [0.3, 0.4) is 0 Å². The summed E-state index contributed by atoms with van der Waals surface area (Å²) in [7, 11) is 0. The van der Waals surface area contributed by atoms with Gasteiger partial charge in [-0.15, -0.1) is 0 Å². The van der Waals surface area contributed by atoms with Crippen molar-refractivity contribution in [2.75, 3.05) is 26.2 Å². The number of hydrogen-bond acceptors (Lipinski definition) is 4. The molecule has 5 rings (SSSR count). The van der Waals surface area contributed by atoms with Gasteiger partial charge in [-0.1, -0.05) is 61.9 Å². The minimum absolute atomic E-state index is 0.0204. The molecule has 1 saturated heterocycles. The fourth-order valence-corrected chi connectivity index (χ4v) is 6.33. The molecule has 2 fully saturated rings. The van der Waals surface area contributed by atoms with Gasteiger partial charge in [0.15, 0.2) is 0 Å². The van der Waals surface area contributed by atoms with E-state index in [9.17, 15) is 19.5 Å². The van der Waals surface area contributed by atoms with Gasteiger partial charge in [0.1, 0.15) is 6.61 Å². The molecule has 2 aliphatic carbocycles. The molecule has 2 amide bonds. The number of carbonyl (C=O) groups excluding carboxylic acids is 2. The summed E-state index contributed by atoms with van der Waals surface area (Å²) in [5, 5.41) is 12.6. The number of alkyl carbamates (subject to hydrolysis) is 1. The molecule has 3 aliphatic rings. The number of ether oxygens (including phenoxy) is 1. The highest BCUT2D eigenvalue weighted by molar-refractivity contribution is 5.83. The van der Waals surface area contributed by atoms with E-state index < -0.39 is 23.4 Å². The molecular weight excluding hydrogens is 444 g/mol. The molecule has 0 spiro atoms. The lowest BCUT2D eigenvalue weighted by atomic mass is 9.81. The number of aliphatic carboxylic acids is 1. The maximum atomic E-state index is 13.2. The maximum absolute atomic E-state index is 13.2.